The van der Waals surface area contributed by atoms with Crippen LogP contribution in [0.1, 0.15) is 18.4 Å². The molecule has 2 aromatic rings. The van der Waals surface area contributed by atoms with Gasteiger partial charge in [0.15, 0.2) is 0 Å². The molecule has 0 fully saturated rings. The summed E-state index contributed by atoms with van der Waals surface area (Å²) in [7, 11) is 0. The van der Waals surface area contributed by atoms with Crippen LogP contribution in [0.5, 0.6) is 0 Å². The minimum absolute atomic E-state index is 0.853. The first kappa shape index (κ1) is 11.2. The molecule has 84 valence electrons. The standard InChI is InChI=1S/C12H15N3S/c1-2-6-13-8-12-15-11(9-16-12)10-5-3-4-7-14-10/h3-5,7,9,13H,2,6,8H2,1H3. The number of hydrogen-bond donors (Lipinski definition) is 1. The first-order chi connectivity index (χ1) is 7.90. The van der Waals surface area contributed by atoms with Gasteiger partial charge < -0.3 is 5.32 Å². The molecule has 0 aliphatic heterocycles. The second kappa shape index (κ2) is 5.72. The molecule has 0 spiro atoms. The van der Waals surface area contributed by atoms with Gasteiger partial charge in [0.05, 0.1) is 11.4 Å². The second-order valence-corrected chi connectivity index (χ2v) is 4.46. The molecule has 2 rings (SSSR count). The van der Waals surface area contributed by atoms with Crippen LogP contribution in [0.15, 0.2) is 29.8 Å². The third kappa shape index (κ3) is 2.87. The summed E-state index contributed by atoms with van der Waals surface area (Å²) in [6, 6.07) is 5.88. The molecular weight excluding hydrogens is 218 g/mol. The molecule has 0 saturated carbocycles. The van der Waals surface area contributed by atoms with E-state index < -0.39 is 0 Å². The minimum atomic E-state index is 0.853. The highest BCUT2D eigenvalue weighted by Gasteiger charge is 2.04. The number of nitrogens with one attached hydrogen (secondary N) is 1. The van der Waals surface area contributed by atoms with Crippen molar-refractivity contribution in [3.63, 3.8) is 0 Å². The zero-order valence-corrected chi connectivity index (χ0v) is 10.1. The molecule has 0 bridgehead atoms. The van der Waals surface area contributed by atoms with E-state index in [-0.39, 0.29) is 0 Å². The Morgan fingerprint density at radius 1 is 1.31 bits per heavy atom. The fourth-order valence-corrected chi connectivity index (χ4v) is 2.15. The van der Waals surface area contributed by atoms with Crippen molar-refractivity contribution in [2.75, 3.05) is 6.54 Å². The fraction of sp³-hybridized carbons (Fsp3) is 0.333. The van der Waals surface area contributed by atoms with Gasteiger partial charge in [-0.3, -0.25) is 4.98 Å². The van der Waals surface area contributed by atoms with E-state index in [9.17, 15) is 0 Å². The Morgan fingerprint density at radius 3 is 3.00 bits per heavy atom. The lowest BCUT2D eigenvalue weighted by atomic mass is 10.3. The van der Waals surface area contributed by atoms with Crippen LogP contribution in [0, 0.1) is 0 Å². The highest BCUT2D eigenvalue weighted by Crippen LogP contribution is 2.19. The summed E-state index contributed by atoms with van der Waals surface area (Å²) in [6.07, 6.45) is 2.95. The summed E-state index contributed by atoms with van der Waals surface area (Å²) in [5.74, 6) is 0. The van der Waals surface area contributed by atoms with Gasteiger partial charge in [0.1, 0.15) is 5.01 Å². The number of pyridine rings is 1. The van der Waals surface area contributed by atoms with E-state index >= 15 is 0 Å². The quantitative estimate of drug-likeness (QED) is 0.807. The van der Waals surface area contributed by atoms with Gasteiger partial charge in [0.25, 0.3) is 0 Å². The van der Waals surface area contributed by atoms with Crippen LogP contribution in [0.3, 0.4) is 0 Å². The van der Waals surface area contributed by atoms with Crippen LogP contribution in [0.4, 0.5) is 0 Å². The summed E-state index contributed by atoms with van der Waals surface area (Å²) >= 11 is 1.68. The fourth-order valence-electron chi connectivity index (χ4n) is 1.40. The molecule has 0 unspecified atom stereocenters. The maximum Gasteiger partial charge on any atom is 0.107 e. The largest absolute Gasteiger partial charge is 0.310 e. The molecule has 2 heterocycles. The second-order valence-electron chi connectivity index (χ2n) is 3.52. The van der Waals surface area contributed by atoms with Gasteiger partial charge in [-0.05, 0) is 25.1 Å². The van der Waals surface area contributed by atoms with Crippen LogP contribution in [0.25, 0.3) is 11.4 Å². The lowest BCUT2D eigenvalue weighted by Gasteiger charge is -1.98. The molecule has 0 atom stereocenters. The van der Waals surface area contributed by atoms with Crippen LogP contribution < -0.4 is 5.32 Å². The highest BCUT2D eigenvalue weighted by atomic mass is 32.1. The van der Waals surface area contributed by atoms with Gasteiger partial charge in [0, 0.05) is 18.1 Å². The van der Waals surface area contributed by atoms with Gasteiger partial charge in [-0.2, -0.15) is 0 Å². The van der Waals surface area contributed by atoms with Crippen LogP contribution in [0.2, 0.25) is 0 Å². The molecule has 0 aliphatic carbocycles. The van der Waals surface area contributed by atoms with E-state index in [2.05, 4.69) is 27.6 Å². The van der Waals surface area contributed by atoms with Gasteiger partial charge in [0.2, 0.25) is 0 Å². The highest BCUT2D eigenvalue weighted by molar-refractivity contribution is 7.09. The molecular formula is C12H15N3S. The third-order valence-electron chi connectivity index (χ3n) is 2.18. The maximum atomic E-state index is 4.55. The van der Waals surface area contributed by atoms with Crippen molar-refractivity contribution < 1.29 is 0 Å². The molecule has 0 aliphatic rings. The van der Waals surface area contributed by atoms with Gasteiger partial charge in [-0.1, -0.05) is 13.0 Å². The Balaban J connectivity index is 2.02. The van der Waals surface area contributed by atoms with Gasteiger partial charge in [-0.25, -0.2) is 4.98 Å². The van der Waals surface area contributed by atoms with Crippen molar-refractivity contribution in [1.29, 1.82) is 0 Å². The summed E-state index contributed by atoms with van der Waals surface area (Å²) in [5.41, 5.74) is 1.92. The summed E-state index contributed by atoms with van der Waals surface area (Å²) in [6.45, 7) is 4.05. The van der Waals surface area contributed by atoms with Crippen LogP contribution in [-0.2, 0) is 6.54 Å². The maximum absolute atomic E-state index is 4.55. The average molecular weight is 233 g/mol. The number of hydrogen-bond acceptors (Lipinski definition) is 4. The predicted octanol–water partition coefficient (Wildman–Crippen LogP) is 2.70. The molecule has 0 aromatic carbocycles. The van der Waals surface area contributed by atoms with Gasteiger partial charge >= 0.3 is 0 Å². The number of nitrogens with zero attached hydrogens (tertiary/aromatic N) is 2. The first-order valence-electron chi connectivity index (χ1n) is 5.46. The molecule has 4 heteroatoms. The first-order valence-corrected chi connectivity index (χ1v) is 6.34. The van der Waals surface area contributed by atoms with Crippen molar-refractivity contribution in [2.45, 2.75) is 19.9 Å². The van der Waals surface area contributed by atoms with E-state index in [1.165, 1.54) is 0 Å². The number of aromatic nitrogens is 2. The van der Waals surface area contributed by atoms with Crippen molar-refractivity contribution in [3.8, 4) is 11.4 Å². The zero-order chi connectivity index (χ0) is 11.2. The molecule has 0 radical (unpaired) electrons. The molecule has 0 saturated heterocycles. The monoisotopic (exact) mass is 233 g/mol. The van der Waals surface area contributed by atoms with Crippen molar-refractivity contribution in [2.24, 2.45) is 0 Å². The van der Waals surface area contributed by atoms with Crippen LogP contribution >= 0.6 is 11.3 Å². The Hall–Kier alpha value is -1.26. The molecule has 16 heavy (non-hydrogen) atoms. The molecule has 2 aromatic heterocycles. The Kier molecular flexibility index (Phi) is 4.02. The Labute approximate surface area is 99.6 Å². The minimum Gasteiger partial charge on any atom is -0.310 e. The average Bonchev–Trinajstić information content (AvgIpc) is 2.79. The van der Waals surface area contributed by atoms with Crippen LogP contribution in [-0.4, -0.2) is 16.5 Å². The van der Waals surface area contributed by atoms with Crippen molar-refractivity contribution >= 4 is 11.3 Å². The lowest BCUT2D eigenvalue weighted by Crippen LogP contribution is -2.13. The lowest BCUT2D eigenvalue weighted by molar-refractivity contribution is 0.673. The SMILES string of the molecule is CCCNCc1nc(-c2ccccn2)cs1. The predicted molar refractivity (Wildman–Crippen MR) is 67.3 cm³/mol. The van der Waals surface area contributed by atoms with Crippen molar-refractivity contribution in [3.05, 3.63) is 34.8 Å². The van der Waals surface area contributed by atoms with Gasteiger partial charge in [-0.15, -0.1) is 11.3 Å². The van der Waals surface area contributed by atoms with E-state index in [1.54, 1.807) is 17.5 Å². The Morgan fingerprint density at radius 2 is 2.25 bits per heavy atom. The third-order valence-corrected chi connectivity index (χ3v) is 3.03. The number of thiazole rings is 1. The number of rotatable bonds is 5. The summed E-state index contributed by atoms with van der Waals surface area (Å²) in [5, 5.41) is 6.52. The summed E-state index contributed by atoms with van der Waals surface area (Å²) < 4.78 is 0. The normalized spacial score (nSPS) is 10.6. The van der Waals surface area contributed by atoms with E-state index in [0.29, 0.717) is 0 Å². The zero-order valence-electron chi connectivity index (χ0n) is 9.31. The topological polar surface area (TPSA) is 37.8 Å². The molecule has 1 N–H and O–H groups in total. The Bertz CT molecular complexity index is 425. The smallest absolute Gasteiger partial charge is 0.107 e. The van der Waals surface area contributed by atoms with E-state index in [1.807, 2.05) is 18.2 Å². The van der Waals surface area contributed by atoms with E-state index in [4.69, 9.17) is 0 Å². The molecule has 3 nitrogen and oxygen atoms in total. The summed E-state index contributed by atoms with van der Waals surface area (Å²) in [4.78, 5) is 8.83. The van der Waals surface area contributed by atoms with E-state index in [0.717, 1.165) is 35.9 Å². The van der Waals surface area contributed by atoms with Crippen molar-refractivity contribution in [1.82, 2.24) is 15.3 Å². The molecule has 0 amide bonds.